The van der Waals surface area contributed by atoms with E-state index in [9.17, 15) is 19.2 Å². The van der Waals surface area contributed by atoms with E-state index in [2.05, 4.69) is 5.32 Å². The molecule has 10 nitrogen and oxygen atoms in total. The van der Waals surface area contributed by atoms with Gasteiger partial charge < -0.3 is 24.3 Å². The lowest BCUT2D eigenvalue weighted by atomic mass is 10.2. The second-order valence-electron chi connectivity index (χ2n) is 7.18. The van der Waals surface area contributed by atoms with E-state index in [1.807, 2.05) is 0 Å². The zero-order valence-electron chi connectivity index (χ0n) is 18.3. The van der Waals surface area contributed by atoms with Crippen LogP contribution in [-0.4, -0.2) is 54.8 Å². The van der Waals surface area contributed by atoms with Gasteiger partial charge in [-0.05, 0) is 47.7 Å². The van der Waals surface area contributed by atoms with Crippen molar-refractivity contribution in [3.63, 3.8) is 0 Å². The van der Waals surface area contributed by atoms with Crippen molar-refractivity contribution < 1.29 is 38.1 Å². The Morgan fingerprint density at radius 1 is 1.09 bits per heavy atom. The number of methoxy groups -OCH3 is 1. The number of carbonyl (C=O) groups excluding carboxylic acids is 4. The molecule has 0 bridgehead atoms. The molecule has 1 saturated heterocycles. The Morgan fingerprint density at radius 2 is 1.85 bits per heavy atom. The maximum absolute atomic E-state index is 12.8. The summed E-state index contributed by atoms with van der Waals surface area (Å²) in [5, 5.41) is 2.10. The third-order valence-electron chi connectivity index (χ3n) is 4.74. The molecule has 0 spiro atoms. The number of ether oxygens (including phenoxy) is 4. The van der Waals surface area contributed by atoms with Gasteiger partial charge in [0.25, 0.3) is 11.1 Å². The lowest BCUT2D eigenvalue weighted by Gasteiger charge is -2.19. The molecule has 1 fully saturated rings. The highest BCUT2D eigenvalue weighted by Crippen LogP contribution is 2.35. The van der Waals surface area contributed by atoms with Crippen LogP contribution in [0.1, 0.15) is 12.5 Å². The van der Waals surface area contributed by atoms with Crippen molar-refractivity contribution >= 4 is 46.5 Å². The summed E-state index contributed by atoms with van der Waals surface area (Å²) in [6, 6.07) is 9.65. The number of fused-ring (bicyclic) bond motifs is 1. The lowest BCUT2D eigenvalue weighted by Crippen LogP contribution is -2.36. The fourth-order valence-corrected chi connectivity index (χ4v) is 4.10. The molecule has 0 radical (unpaired) electrons. The minimum atomic E-state index is -0.588. The van der Waals surface area contributed by atoms with E-state index >= 15 is 0 Å². The number of amides is 3. The first-order valence-electron chi connectivity index (χ1n) is 10.2. The Bertz CT molecular complexity index is 1210. The quantitative estimate of drug-likeness (QED) is 0.375. The van der Waals surface area contributed by atoms with Crippen molar-refractivity contribution in [2.45, 2.75) is 6.92 Å². The number of imide groups is 1. The Labute approximate surface area is 198 Å². The number of carbonyl (C=O) groups is 4. The highest BCUT2D eigenvalue weighted by Gasteiger charge is 2.36. The predicted molar refractivity (Wildman–Crippen MR) is 123 cm³/mol. The molecule has 34 heavy (non-hydrogen) atoms. The Balaban J connectivity index is 1.44. The van der Waals surface area contributed by atoms with Crippen LogP contribution in [0.15, 0.2) is 41.3 Å². The van der Waals surface area contributed by atoms with Gasteiger partial charge in [0.15, 0.2) is 23.0 Å². The first kappa shape index (κ1) is 23.2. The minimum Gasteiger partial charge on any atom is -0.493 e. The Kier molecular flexibility index (Phi) is 6.73. The smallest absolute Gasteiger partial charge is 0.308 e. The molecule has 0 saturated carbocycles. The van der Waals surface area contributed by atoms with Gasteiger partial charge in [0.05, 0.1) is 12.0 Å². The third kappa shape index (κ3) is 5.15. The van der Waals surface area contributed by atoms with Gasteiger partial charge in [-0.25, -0.2) is 0 Å². The van der Waals surface area contributed by atoms with E-state index in [0.29, 0.717) is 41.7 Å². The zero-order valence-corrected chi connectivity index (χ0v) is 19.1. The normalized spacial score (nSPS) is 15.9. The molecule has 1 N–H and O–H groups in total. The molecule has 0 aliphatic carbocycles. The van der Waals surface area contributed by atoms with Crippen molar-refractivity contribution in [3.05, 3.63) is 46.9 Å². The summed E-state index contributed by atoms with van der Waals surface area (Å²) >= 11 is 0.728. The molecule has 0 aromatic heterocycles. The van der Waals surface area contributed by atoms with Crippen molar-refractivity contribution in [2.75, 3.05) is 32.2 Å². The largest absolute Gasteiger partial charge is 0.493 e. The molecular weight excluding hydrogens is 464 g/mol. The molecule has 176 valence electrons. The van der Waals surface area contributed by atoms with Gasteiger partial charge >= 0.3 is 5.97 Å². The number of benzene rings is 2. The van der Waals surface area contributed by atoms with Crippen LogP contribution in [0.3, 0.4) is 0 Å². The average Bonchev–Trinajstić information content (AvgIpc) is 3.06. The summed E-state index contributed by atoms with van der Waals surface area (Å²) in [7, 11) is 1.42. The standard InChI is InChI=1S/C23H20N2O8S/c1-13(26)33-17-5-3-14(9-18(17)30-2)10-20-22(28)25(23(29)34-20)12-21(27)24-15-4-6-16-19(11-15)32-8-7-31-16/h3-6,9-11H,7-8,12H2,1-2H3,(H,24,27)/b20-10-. The highest BCUT2D eigenvalue weighted by atomic mass is 32.2. The summed E-state index contributed by atoms with van der Waals surface area (Å²) in [4.78, 5) is 49.9. The maximum atomic E-state index is 12.8. The second-order valence-corrected chi connectivity index (χ2v) is 8.17. The monoisotopic (exact) mass is 484 g/mol. The van der Waals surface area contributed by atoms with Crippen molar-refractivity contribution in [3.8, 4) is 23.0 Å². The highest BCUT2D eigenvalue weighted by molar-refractivity contribution is 8.18. The number of nitrogens with one attached hydrogen (secondary N) is 1. The maximum Gasteiger partial charge on any atom is 0.308 e. The Hall–Kier alpha value is -3.99. The summed E-state index contributed by atoms with van der Waals surface area (Å²) < 4.78 is 21.2. The van der Waals surface area contributed by atoms with Gasteiger partial charge in [0.2, 0.25) is 5.91 Å². The molecule has 0 atom stereocenters. The molecule has 4 rings (SSSR count). The van der Waals surface area contributed by atoms with Crippen LogP contribution in [-0.2, 0) is 14.4 Å². The van der Waals surface area contributed by atoms with E-state index in [4.69, 9.17) is 18.9 Å². The van der Waals surface area contributed by atoms with E-state index in [1.165, 1.54) is 26.2 Å². The predicted octanol–water partition coefficient (Wildman–Crippen LogP) is 3.07. The van der Waals surface area contributed by atoms with Gasteiger partial charge in [-0.15, -0.1) is 0 Å². The van der Waals surface area contributed by atoms with Gasteiger partial charge in [-0.2, -0.15) is 0 Å². The summed E-state index contributed by atoms with van der Waals surface area (Å²) in [5.74, 6) is -0.00567. The second kappa shape index (κ2) is 9.87. The number of nitrogens with zero attached hydrogens (tertiary/aromatic N) is 1. The summed E-state index contributed by atoms with van der Waals surface area (Å²) in [5.41, 5.74) is 1.01. The number of rotatable bonds is 6. The van der Waals surface area contributed by atoms with Gasteiger partial charge in [-0.1, -0.05) is 6.07 Å². The van der Waals surface area contributed by atoms with E-state index in [1.54, 1.807) is 30.3 Å². The van der Waals surface area contributed by atoms with Crippen molar-refractivity contribution in [1.82, 2.24) is 4.90 Å². The van der Waals surface area contributed by atoms with Crippen LogP contribution < -0.4 is 24.3 Å². The molecule has 2 aromatic rings. The fourth-order valence-electron chi connectivity index (χ4n) is 3.27. The number of esters is 1. The number of hydrogen-bond acceptors (Lipinski definition) is 9. The van der Waals surface area contributed by atoms with Crippen LogP contribution in [0.4, 0.5) is 10.5 Å². The third-order valence-corrected chi connectivity index (χ3v) is 5.65. The lowest BCUT2D eigenvalue weighted by molar-refractivity contribution is -0.132. The summed E-state index contributed by atoms with van der Waals surface area (Å²) in [6.45, 7) is 1.69. The summed E-state index contributed by atoms with van der Waals surface area (Å²) in [6.07, 6.45) is 1.50. The van der Waals surface area contributed by atoms with E-state index in [-0.39, 0.29) is 10.7 Å². The number of thioether (sulfide) groups is 1. The Morgan fingerprint density at radius 3 is 2.59 bits per heavy atom. The van der Waals surface area contributed by atoms with Crippen molar-refractivity contribution in [2.24, 2.45) is 0 Å². The topological polar surface area (TPSA) is 120 Å². The minimum absolute atomic E-state index is 0.152. The number of anilines is 1. The van der Waals surface area contributed by atoms with Crippen molar-refractivity contribution in [1.29, 1.82) is 0 Å². The molecule has 0 unspecified atom stereocenters. The molecule has 2 aliphatic heterocycles. The molecule has 11 heteroatoms. The fraction of sp³-hybridized carbons (Fsp3) is 0.217. The molecule has 2 aromatic carbocycles. The van der Waals surface area contributed by atoms with E-state index in [0.717, 1.165) is 16.7 Å². The molecule has 2 heterocycles. The molecular formula is C23H20N2O8S. The van der Waals surface area contributed by atoms with Crippen LogP contribution in [0.5, 0.6) is 23.0 Å². The average molecular weight is 484 g/mol. The first-order chi connectivity index (χ1) is 16.3. The SMILES string of the molecule is COc1cc(/C=C2\SC(=O)N(CC(=O)Nc3ccc4c(c3)OCCO4)C2=O)ccc1OC(C)=O. The van der Waals surface area contributed by atoms with E-state index < -0.39 is 29.6 Å². The van der Waals surface area contributed by atoms with Crippen LogP contribution >= 0.6 is 11.8 Å². The van der Waals surface area contributed by atoms with Crippen LogP contribution in [0, 0.1) is 0 Å². The van der Waals surface area contributed by atoms with Crippen LogP contribution in [0.25, 0.3) is 6.08 Å². The molecule has 2 aliphatic rings. The van der Waals surface area contributed by atoms with Gasteiger partial charge in [-0.3, -0.25) is 24.1 Å². The van der Waals surface area contributed by atoms with Gasteiger partial charge in [0.1, 0.15) is 19.8 Å². The number of hydrogen-bond donors (Lipinski definition) is 1. The van der Waals surface area contributed by atoms with Crippen LogP contribution in [0.2, 0.25) is 0 Å². The zero-order chi connectivity index (χ0) is 24.2. The molecule has 3 amide bonds. The van der Waals surface area contributed by atoms with Gasteiger partial charge in [0, 0.05) is 18.7 Å². The first-order valence-corrected chi connectivity index (χ1v) is 11.0.